The third-order valence-corrected chi connectivity index (χ3v) is 7.06. The van der Waals surface area contributed by atoms with Crippen molar-refractivity contribution in [2.45, 2.75) is 56.8 Å². The predicted molar refractivity (Wildman–Crippen MR) is 136 cm³/mol. The van der Waals surface area contributed by atoms with Crippen molar-refractivity contribution >= 4 is 11.8 Å². The minimum atomic E-state index is -4.44. The Morgan fingerprint density at radius 3 is 2.73 bits per heavy atom. The molecule has 40 heavy (non-hydrogen) atoms. The fourth-order valence-corrected chi connectivity index (χ4v) is 4.62. The van der Waals surface area contributed by atoms with E-state index < -0.39 is 36.0 Å². The molecule has 0 saturated heterocycles. The number of rotatable bonds is 9. The van der Waals surface area contributed by atoms with Crippen molar-refractivity contribution in [1.29, 1.82) is 0 Å². The van der Waals surface area contributed by atoms with Crippen LogP contribution in [-0.4, -0.2) is 57.7 Å². The number of hydrogen-bond acceptors (Lipinski definition) is 5. The standard InChI is InChI=1S/C28H28F4N4O4/c1-16-5-8-19(13-21(16)29)36-24(26(38)33-14-27(39)9-10-27)23-22(35-36)12-18(34-25(23)37)7-6-17-3-2-4-20(11-17)40-15-28(30,31)32/h2-5,8,11,13,18,39H,6-7,9-10,12,14-15H2,1H3,(H,33,38)(H,34,37). The molecule has 0 spiro atoms. The lowest BCUT2D eigenvalue weighted by Crippen LogP contribution is -2.43. The van der Waals surface area contributed by atoms with E-state index in [0.717, 1.165) is 5.56 Å². The number of nitrogens with zero attached hydrogens (tertiary/aromatic N) is 2. The Bertz CT molecular complexity index is 1450. The highest BCUT2D eigenvalue weighted by atomic mass is 19.4. The summed E-state index contributed by atoms with van der Waals surface area (Å²) in [6, 6.07) is 10.4. The molecule has 8 nitrogen and oxygen atoms in total. The van der Waals surface area contributed by atoms with Crippen LogP contribution >= 0.6 is 0 Å². The van der Waals surface area contributed by atoms with Gasteiger partial charge in [0.1, 0.15) is 17.3 Å². The van der Waals surface area contributed by atoms with Crippen molar-refractivity contribution in [2.24, 2.45) is 0 Å². The van der Waals surface area contributed by atoms with Crippen LogP contribution in [-0.2, 0) is 12.8 Å². The van der Waals surface area contributed by atoms with Gasteiger partial charge < -0.3 is 20.5 Å². The Hall–Kier alpha value is -3.93. The fourth-order valence-electron chi connectivity index (χ4n) is 4.62. The van der Waals surface area contributed by atoms with E-state index in [4.69, 9.17) is 4.74 Å². The van der Waals surface area contributed by atoms with E-state index in [0.29, 0.717) is 36.9 Å². The predicted octanol–water partition coefficient (Wildman–Crippen LogP) is 3.80. The van der Waals surface area contributed by atoms with Crippen LogP contribution < -0.4 is 15.4 Å². The smallest absolute Gasteiger partial charge is 0.422 e. The summed E-state index contributed by atoms with van der Waals surface area (Å²) in [7, 11) is 0. The van der Waals surface area contributed by atoms with Gasteiger partial charge in [0, 0.05) is 19.0 Å². The Balaban J connectivity index is 1.36. The summed E-state index contributed by atoms with van der Waals surface area (Å²) in [4.78, 5) is 26.5. The zero-order valence-electron chi connectivity index (χ0n) is 21.6. The van der Waals surface area contributed by atoms with E-state index in [9.17, 15) is 32.3 Å². The maximum absolute atomic E-state index is 14.4. The van der Waals surface area contributed by atoms with E-state index in [2.05, 4.69) is 15.7 Å². The van der Waals surface area contributed by atoms with E-state index in [-0.39, 0.29) is 41.7 Å². The van der Waals surface area contributed by atoms with Gasteiger partial charge in [0.2, 0.25) is 0 Å². The average molecular weight is 561 g/mol. The normalized spacial score (nSPS) is 17.6. The highest BCUT2D eigenvalue weighted by Crippen LogP contribution is 2.34. The fraction of sp³-hybridized carbons (Fsp3) is 0.393. The topological polar surface area (TPSA) is 105 Å². The molecule has 1 aliphatic heterocycles. The molecule has 1 saturated carbocycles. The van der Waals surface area contributed by atoms with Crippen LogP contribution in [0.4, 0.5) is 17.6 Å². The quantitative estimate of drug-likeness (QED) is 0.346. The molecule has 1 atom stereocenters. The highest BCUT2D eigenvalue weighted by Gasteiger charge is 2.41. The number of alkyl halides is 3. The van der Waals surface area contributed by atoms with Crippen LogP contribution in [0.15, 0.2) is 42.5 Å². The Kier molecular flexibility index (Phi) is 7.30. The van der Waals surface area contributed by atoms with E-state index in [1.54, 1.807) is 31.2 Å². The van der Waals surface area contributed by atoms with E-state index in [1.807, 2.05) is 0 Å². The monoisotopic (exact) mass is 560 g/mol. The molecule has 1 unspecified atom stereocenters. The number of nitrogens with one attached hydrogen (secondary N) is 2. The summed E-state index contributed by atoms with van der Waals surface area (Å²) in [6.45, 7) is 0.234. The van der Waals surface area contributed by atoms with Crippen molar-refractivity contribution in [3.8, 4) is 11.4 Å². The molecule has 0 bridgehead atoms. The Morgan fingerprint density at radius 2 is 2.02 bits per heavy atom. The first-order chi connectivity index (χ1) is 18.9. The van der Waals surface area contributed by atoms with Crippen molar-refractivity contribution in [1.82, 2.24) is 20.4 Å². The lowest BCUT2D eigenvalue weighted by molar-refractivity contribution is -0.153. The largest absolute Gasteiger partial charge is 0.484 e. The minimum Gasteiger partial charge on any atom is -0.484 e. The van der Waals surface area contributed by atoms with Crippen molar-refractivity contribution < 1.29 is 37.0 Å². The summed E-state index contributed by atoms with van der Waals surface area (Å²) in [5, 5.41) is 20.3. The lowest BCUT2D eigenvalue weighted by Gasteiger charge is -2.23. The number of ether oxygens (including phenoxy) is 1. The molecule has 1 aromatic heterocycles. The number of hydrogen-bond donors (Lipinski definition) is 3. The molecule has 2 amide bonds. The molecule has 1 fully saturated rings. The average Bonchev–Trinajstić information content (AvgIpc) is 3.51. The van der Waals surface area contributed by atoms with Crippen LogP contribution in [0.25, 0.3) is 5.69 Å². The zero-order chi connectivity index (χ0) is 28.7. The lowest BCUT2D eigenvalue weighted by atomic mass is 9.95. The summed E-state index contributed by atoms with van der Waals surface area (Å²) < 4.78 is 57.9. The van der Waals surface area contributed by atoms with Gasteiger partial charge in [0.25, 0.3) is 11.8 Å². The van der Waals surface area contributed by atoms with Crippen molar-refractivity contribution in [3.05, 3.63) is 76.4 Å². The molecular weight excluding hydrogens is 532 g/mol. The SMILES string of the molecule is Cc1ccc(-n2nc3c(c2C(=O)NCC2(O)CC2)C(=O)NC(CCc2cccc(OCC(F)(F)F)c2)C3)cc1F. The van der Waals surface area contributed by atoms with Gasteiger partial charge in [-0.2, -0.15) is 18.3 Å². The van der Waals surface area contributed by atoms with Crippen LogP contribution in [0.3, 0.4) is 0 Å². The molecule has 2 aliphatic rings. The number of benzene rings is 2. The molecule has 3 aromatic rings. The van der Waals surface area contributed by atoms with Gasteiger partial charge in [-0.15, -0.1) is 0 Å². The molecule has 3 N–H and O–H groups in total. The second kappa shape index (κ2) is 10.6. The molecule has 2 heterocycles. The van der Waals surface area contributed by atoms with Gasteiger partial charge in [-0.25, -0.2) is 9.07 Å². The van der Waals surface area contributed by atoms with Crippen LogP contribution in [0.1, 0.15) is 56.9 Å². The number of amides is 2. The van der Waals surface area contributed by atoms with Gasteiger partial charge in [0.05, 0.1) is 22.5 Å². The summed E-state index contributed by atoms with van der Waals surface area (Å²) >= 11 is 0. The van der Waals surface area contributed by atoms with Crippen LogP contribution in [0, 0.1) is 12.7 Å². The Morgan fingerprint density at radius 1 is 1.25 bits per heavy atom. The van der Waals surface area contributed by atoms with Gasteiger partial charge >= 0.3 is 6.18 Å². The molecule has 1 aliphatic carbocycles. The molecule has 12 heteroatoms. The molecule has 0 radical (unpaired) electrons. The van der Waals surface area contributed by atoms with Crippen LogP contribution in [0.5, 0.6) is 5.75 Å². The van der Waals surface area contributed by atoms with Gasteiger partial charge in [-0.05, 0) is 68.0 Å². The molecular formula is C28H28F4N4O4. The molecule has 212 valence electrons. The van der Waals surface area contributed by atoms with Crippen molar-refractivity contribution in [2.75, 3.05) is 13.2 Å². The number of aryl methyl sites for hydroxylation is 2. The second-order valence-electron chi connectivity index (χ2n) is 10.4. The maximum atomic E-state index is 14.4. The van der Waals surface area contributed by atoms with Crippen LogP contribution in [0.2, 0.25) is 0 Å². The maximum Gasteiger partial charge on any atom is 0.422 e. The van der Waals surface area contributed by atoms with Gasteiger partial charge in [0.15, 0.2) is 6.61 Å². The number of carbonyl (C=O) groups excluding carboxylic acids is 2. The third-order valence-electron chi connectivity index (χ3n) is 7.06. The number of halogens is 4. The summed E-state index contributed by atoms with van der Waals surface area (Å²) in [6.07, 6.45) is -2.13. The molecule has 2 aromatic carbocycles. The zero-order valence-corrected chi connectivity index (χ0v) is 21.6. The van der Waals surface area contributed by atoms with E-state index >= 15 is 0 Å². The van der Waals surface area contributed by atoms with Gasteiger partial charge in [-0.3, -0.25) is 9.59 Å². The molecule has 5 rings (SSSR count). The summed E-state index contributed by atoms with van der Waals surface area (Å²) in [5.74, 6) is -1.52. The Labute approximate surface area is 227 Å². The van der Waals surface area contributed by atoms with Crippen molar-refractivity contribution in [3.63, 3.8) is 0 Å². The van der Waals surface area contributed by atoms with E-state index in [1.165, 1.54) is 22.9 Å². The first-order valence-electron chi connectivity index (χ1n) is 12.9. The number of carbonyl (C=O) groups is 2. The first kappa shape index (κ1) is 27.6. The number of aliphatic hydroxyl groups is 1. The highest BCUT2D eigenvalue weighted by molar-refractivity contribution is 6.08. The second-order valence-corrected chi connectivity index (χ2v) is 10.4. The summed E-state index contributed by atoms with van der Waals surface area (Å²) in [5.41, 5.74) is 0.860. The first-order valence-corrected chi connectivity index (χ1v) is 12.9. The number of fused-ring (bicyclic) bond motifs is 1. The van der Waals surface area contributed by atoms with Gasteiger partial charge in [-0.1, -0.05) is 18.2 Å². The minimum absolute atomic E-state index is 0.0179. The third kappa shape index (κ3) is 6.27. The number of aromatic nitrogens is 2.